The molecule has 3 nitrogen and oxygen atoms in total. The van der Waals surface area contributed by atoms with E-state index in [9.17, 15) is 5.11 Å². The Labute approximate surface area is 88.7 Å². The molecule has 78 valence electrons. The molecule has 0 bridgehead atoms. The topological polar surface area (TPSA) is 59.1 Å². The van der Waals surface area contributed by atoms with Gasteiger partial charge in [0, 0.05) is 5.25 Å². The summed E-state index contributed by atoms with van der Waals surface area (Å²) in [6.07, 6.45) is -0.334. The van der Waals surface area contributed by atoms with Crippen LogP contribution in [0, 0.1) is 6.92 Å². The third-order valence-electron chi connectivity index (χ3n) is 2.09. The molecule has 4 heteroatoms. The molecule has 0 spiro atoms. The lowest BCUT2D eigenvalue weighted by atomic mass is 10.3. The fraction of sp³-hybridized carbons (Fsp3) is 0.500. The van der Waals surface area contributed by atoms with Gasteiger partial charge in [-0.3, -0.25) is 0 Å². The van der Waals surface area contributed by atoms with Crippen LogP contribution in [-0.4, -0.2) is 21.4 Å². The third-order valence-corrected chi connectivity index (χ3v) is 3.32. The van der Waals surface area contributed by atoms with Crippen LogP contribution < -0.4 is 5.73 Å². The summed E-state index contributed by atoms with van der Waals surface area (Å²) in [4.78, 5) is 4.32. The summed E-state index contributed by atoms with van der Waals surface area (Å²) in [7, 11) is 0. The number of anilines is 1. The van der Waals surface area contributed by atoms with Crippen molar-refractivity contribution in [1.29, 1.82) is 0 Å². The second kappa shape index (κ2) is 4.66. The Bertz CT molecular complexity index is 315. The molecule has 0 aliphatic carbocycles. The summed E-state index contributed by atoms with van der Waals surface area (Å²) in [5.74, 6) is 0. The van der Waals surface area contributed by atoms with Gasteiger partial charge < -0.3 is 10.8 Å². The van der Waals surface area contributed by atoms with Crippen LogP contribution in [0.25, 0.3) is 0 Å². The van der Waals surface area contributed by atoms with Gasteiger partial charge in [-0.05, 0) is 26.0 Å². The normalized spacial score (nSPS) is 15.1. The van der Waals surface area contributed by atoms with Gasteiger partial charge in [0.2, 0.25) is 0 Å². The predicted octanol–water partition coefficient (Wildman–Crippen LogP) is 1.83. The largest absolute Gasteiger partial charge is 0.397 e. The lowest BCUT2D eigenvalue weighted by Crippen LogP contribution is -2.15. The van der Waals surface area contributed by atoms with Crippen molar-refractivity contribution in [3.63, 3.8) is 0 Å². The number of hydrogen-bond donors (Lipinski definition) is 2. The molecule has 0 saturated heterocycles. The maximum absolute atomic E-state index is 9.33. The van der Waals surface area contributed by atoms with Gasteiger partial charge >= 0.3 is 0 Å². The highest BCUT2D eigenvalue weighted by molar-refractivity contribution is 7.99. The molecule has 2 atom stereocenters. The molecule has 0 radical (unpaired) electrons. The number of aromatic nitrogens is 1. The minimum atomic E-state index is -0.334. The number of pyridine rings is 1. The Morgan fingerprint density at radius 2 is 2.07 bits per heavy atom. The number of nitrogens with two attached hydrogens (primary N) is 1. The average molecular weight is 212 g/mol. The van der Waals surface area contributed by atoms with Crippen LogP contribution >= 0.6 is 11.8 Å². The van der Waals surface area contributed by atoms with E-state index in [1.54, 1.807) is 18.7 Å². The number of thioether (sulfide) groups is 1. The molecule has 14 heavy (non-hydrogen) atoms. The number of nitrogens with zero attached hydrogens (tertiary/aromatic N) is 1. The molecule has 0 fully saturated rings. The van der Waals surface area contributed by atoms with Gasteiger partial charge in [-0.25, -0.2) is 4.98 Å². The van der Waals surface area contributed by atoms with Gasteiger partial charge in [0.05, 0.1) is 22.5 Å². The van der Waals surface area contributed by atoms with E-state index < -0.39 is 0 Å². The first-order chi connectivity index (χ1) is 6.50. The van der Waals surface area contributed by atoms with E-state index in [1.165, 1.54) is 0 Å². The van der Waals surface area contributed by atoms with Gasteiger partial charge in [-0.1, -0.05) is 6.92 Å². The van der Waals surface area contributed by atoms with Crippen molar-refractivity contribution in [3.05, 3.63) is 17.8 Å². The number of rotatable bonds is 3. The average Bonchev–Trinajstić information content (AvgIpc) is 2.11. The number of aliphatic hydroxyl groups is 1. The lowest BCUT2D eigenvalue weighted by Gasteiger charge is -2.13. The second-order valence-corrected chi connectivity index (χ2v) is 4.79. The van der Waals surface area contributed by atoms with Gasteiger partial charge in [-0.15, -0.1) is 11.8 Å². The summed E-state index contributed by atoms with van der Waals surface area (Å²) in [5, 5.41) is 10.4. The number of aliphatic hydroxyl groups excluding tert-OH is 1. The molecular formula is C10H16N2OS. The van der Waals surface area contributed by atoms with Crippen LogP contribution in [0.4, 0.5) is 5.69 Å². The van der Waals surface area contributed by atoms with Crippen molar-refractivity contribution >= 4 is 17.4 Å². The Morgan fingerprint density at radius 1 is 1.43 bits per heavy atom. The smallest absolute Gasteiger partial charge is 0.0968 e. The van der Waals surface area contributed by atoms with Crippen molar-refractivity contribution in [2.75, 3.05) is 5.73 Å². The van der Waals surface area contributed by atoms with E-state index in [1.807, 2.05) is 26.0 Å². The molecule has 0 aromatic carbocycles. The molecule has 3 N–H and O–H groups in total. The highest BCUT2D eigenvalue weighted by atomic mass is 32.2. The van der Waals surface area contributed by atoms with E-state index >= 15 is 0 Å². The van der Waals surface area contributed by atoms with Crippen molar-refractivity contribution in [3.8, 4) is 0 Å². The van der Waals surface area contributed by atoms with Crippen LogP contribution in [0.1, 0.15) is 19.5 Å². The van der Waals surface area contributed by atoms with E-state index in [4.69, 9.17) is 5.73 Å². The Morgan fingerprint density at radius 3 is 2.57 bits per heavy atom. The molecular weight excluding hydrogens is 196 g/mol. The zero-order valence-electron chi connectivity index (χ0n) is 8.69. The maximum atomic E-state index is 9.33. The van der Waals surface area contributed by atoms with E-state index in [0.29, 0.717) is 5.69 Å². The van der Waals surface area contributed by atoms with E-state index in [0.717, 1.165) is 10.7 Å². The molecule has 2 unspecified atom stereocenters. The highest BCUT2D eigenvalue weighted by Crippen LogP contribution is 2.24. The molecule has 1 rings (SSSR count). The van der Waals surface area contributed by atoms with Gasteiger partial charge in [0.15, 0.2) is 0 Å². The quantitative estimate of drug-likeness (QED) is 0.750. The molecule has 0 aliphatic heterocycles. The Balaban J connectivity index is 2.73. The molecule has 1 heterocycles. The molecule has 0 amide bonds. The molecule has 0 saturated carbocycles. The van der Waals surface area contributed by atoms with Crippen molar-refractivity contribution in [1.82, 2.24) is 4.98 Å². The van der Waals surface area contributed by atoms with Crippen molar-refractivity contribution in [2.45, 2.75) is 37.2 Å². The van der Waals surface area contributed by atoms with Gasteiger partial charge in [0.25, 0.3) is 0 Å². The number of hydrogen-bond acceptors (Lipinski definition) is 4. The Hall–Kier alpha value is -0.740. The van der Waals surface area contributed by atoms with Gasteiger partial charge in [-0.2, -0.15) is 0 Å². The third kappa shape index (κ3) is 2.89. The fourth-order valence-electron chi connectivity index (χ4n) is 0.903. The fourth-order valence-corrected chi connectivity index (χ4v) is 1.82. The zero-order chi connectivity index (χ0) is 10.7. The second-order valence-electron chi connectivity index (χ2n) is 3.39. The molecule has 0 aliphatic rings. The maximum Gasteiger partial charge on any atom is 0.0968 e. The van der Waals surface area contributed by atoms with Gasteiger partial charge in [0.1, 0.15) is 0 Å². The van der Waals surface area contributed by atoms with E-state index in [-0.39, 0.29) is 11.4 Å². The zero-order valence-corrected chi connectivity index (χ0v) is 9.51. The van der Waals surface area contributed by atoms with Crippen LogP contribution in [0.15, 0.2) is 17.2 Å². The SMILES string of the molecule is Cc1nc(SC(C)C(C)O)ccc1N. The first-order valence-electron chi connectivity index (χ1n) is 4.58. The first kappa shape index (κ1) is 11.3. The van der Waals surface area contributed by atoms with Crippen molar-refractivity contribution < 1.29 is 5.11 Å². The summed E-state index contributed by atoms with van der Waals surface area (Å²) in [6, 6.07) is 3.73. The summed E-state index contributed by atoms with van der Waals surface area (Å²) >= 11 is 1.56. The van der Waals surface area contributed by atoms with Crippen molar-refractivity contribution in [2.24, 2.45) is 0 Å². The summed E-state index contributed by atoms with van der Waals surface area (Å²) in [5.41, 5.74) is 7.21. The number of nitrogen functional groups attached to an aromatic ring is 1. The minimum Gasteiger partial charge on any atom is -0.397 e. The number of aryl methyl sites for hydroxylation is 1. The highest BCUT2D eigenvalue weighted by Gasteiger charge is 2.11. The summed E-state index contributed by atoms with van der Waals surface area (Å²) < 4.78 is 0. The van der Waals surface area contributed by atoms with Crippen LogP contribution in [0.2, 0.25) is 0 Å². The lowest BCUT2D eigenvalue weighted by molar-refractivity contribution is 0.196. The predicted molar refractivity (Wildman–Crippen MR) is 60.4 cm³/mol. The standard InChI is InChI=1S/C10H16N2OS/c1-6-9(11)4-5-10(12-6)14-8(3)7(2)13/h4-5,7-8,13H,11H2,1-3H3. The first-order valence-corrected chi connectivity index (χ1v) is 5.46. The van der Waals surface area contributed by atoms with E-state index in [2.05, 4.69) is 4.98 Å². The molecule has 1 aromatic rings. The molecule has 1 aromatic heterocycles. The van der Waals surface area contributed by atoms with Crippen LogP contribution in [-0.2, 0) is 0 Å². The monoisotopic (exact) mass is 212 g/mol. The summed E-state index contributed by atoms with van der Waals surface area (Å²) in [6.45, 7) is 5.64. The van der Waals surface area contributed by atoms with Crippen LogP contribution in [0.5, 0.6) is 0 Å². The minimum absolute atomic E-state index is 0.144. The van der Waals surface area contributed by atoms with Crippen LogP contribution in [0.3, 0.4) is 0 Å². The Kier molecular flexibility index (Phi) is 3.77.